The first-order valence-electron chi connectivity index (χ1n) is 8.97. The second-order valence-corrected chi connectivity index (χ2v) is 7.74. The van der Waals surface area contributed by atoms with Crippen molar-refractivity contribution in [2.45, 2.75) is 51.4 Å². The zero-order valence-electron chi connectivity index (χ0n) is 15.2. The molecule has 0 aromatic rings. The van der Waals surface area contributed by atoms with Crippen molar-refractivity contribution in [2.24, 2.45) is 17.3 Å². The molecule has 1 aliphatic heterocycles. The Morgan fingerprint density at radius 3 is 2.77 bits per heavy atom. The molecule has 2 N–H and O–H groups in total. The quantitative estimate of drug-likeness (QED) is 0.451. The Hall–Kier alpha value is -1.92. The summed E-state index contributed by atoms with van der Waals surface area (Å²) in [6, 6.07) is 0. The molecule has 1 saturated heterocycles. The second-order valence-electron chi connectivity index (χ2n) is 7.74. The zero-order valence-corrected chi connectivity index (χ0v) is 15.2. The van der Waals surface area contributed by atoms with Gasteiger partial charge in [0.1, 0.15) is 12.2 Å². The fraction of sp³-hybridized carbons (Fsp3) is 0.600. The number of esters is 2. The van der Waals surface area contributed by atoms with E-state index < -0.39 is 48.2 Å². The van der Waals surface area contributed by atoms with Crippen molar-refractivity contribution in [2.75, 3.05) is 6.61 Å². The van der Waals surface area contributed by atoms with E-state index in [4.69, 9.17) is 9.47 Å². The zero-order chi connectivity index (χ0) is 19.2. The number of aliphatic hydroxyl groups excluding tert-OH is 2. The predicted octanol–water partition coefficient (Wildman–Crippen LogP) is 1.67. The van der Waals surface area contributed by atoms with Crippen molar-refractivity contribution in [3.8, 4) is 0 Å². The van der Waals surface area contributed by atoms with Gasteiger partial charge >= 0.3 is 11.9 Å². The van der Waals surface area contributed by atoms with Gasteiger partial charge in [0, 0.05) is 16.9 Å². The third-order valence-corrected chi connectivity index (χ3v) is 6.32. The summed E-state index contributed by atoms with van der Waals surface area (Å²) in [6.07, 6.45) is 1.32. The highest BCUT2D eigenvalue weighted by Crippen LogP contribution is 2.57. The Balaban J connectivity index is 1.97. The molecular formula is C20H26O6. The minimum absolute atomic E-state index is 0.151. The van der Waals surface area contributed by atoms with Gasteiger partial charge in [-0.1, -0.05) is 31.7 Å². The van der Waals surface area contributed by atoms with Crippen LogP contribution in [0.4, 0.5) is 0 Å². The molecule has 2 saturated carbocycles. The van der Waals surface area contributed by atoms with Crippen LogP contribution in [0, 0.1) is 17.3 Å². The first-order valence-corrected chi connectivity index (χ1v) is 8.97. The second kappa shape index (κ2) is 6.67. The fourth-order valence-electron chi connectivity index (χ4n) is 4.83. The van der Waals surface area contributed by atoms with Crippen molar-refractivity contribution >= 4 is 11.9 Å². The van der Waals surface area contributed by atoms with Gasteiger partial charge in [-0.25, -0.2) is 9.59 Å². The SMILES string of the molecule is C=C1C(=O)O[C@H]2[C@H]1[C@H](OC(=O)/C(=C\C)CO)C[C@@]1(C)[C@H](O)CCC(=C)[C@H]21. The Kier molecular flexibility index (Phi) is 4.84. The highest BCUT2D eigenvalue weighted by Gasteiger charge is 2.62. The molecule has 3 fully saturated rings. The summed E-state index contributed by atoms with van der Waals surface area (Å²) in [5.74, 6) is -1.79. The molecule has 6 nitrogen and oxygen atoms in total. The molecule has 0 aromatic carbocycles. The van der Waals surface area contributed by atoms with Crippen LogP contribution in [0.3, 0.4) is 0 Å². The number of ether oxygens (including phenoxy) is 2. The minimum Gasteiger partial charge on any atom is -0.458 e. The molecule has 0 spiro atoms. The van der Waals surface area contributed by atoms with E-state index in [0.717, 1.165) is 5.57 Å². The summed E-state index contributed by atoms with van der Waals surface area (Å²) in [5, 5.41) is 20.0. The molecule has 0 bridgehead atoms. The van der Waals surface area contributed by atoms with Gasteiger partial charge in [0.2, 0.25) is 0 Å². The molecule has 6 heteroatoms. The number of carbonyl (C=O) groups excluding carboxylic acids is 2. The van der Waals surface area contributed by atoms with Crippen LogP contribution in [-0.4, -0.2) is 47.1 Å². The number of fused-ring (bicyclic) bond motifs is 3. The Morgan fingerprint density at radius 1 is 1.46 bits per heavy atom. The molecule has 26 heavy (non-hydrogen) atoms. The lowest BCUT2D eigenvalue weighted by Crippen LogP contribution is -2.58. The number of rotatable bonds is 3. The third-order valence-electron chi connectivity index (χ3n) is 6.32. The van der Waals surface area contributed by atoms with E-state index in [2.05, 4.69) is 13.2 Å². The molecule has 142 valence electrons. The predicted molar refractivity (Wildman–Crippen MR) is 93.8 cm³/mol. The number of aliphatic hydroxyl groups is 2. The highest BCUT2D eigenvalue weighted by atomic mass is 16.6. The van der Waals surface area contributed by atoms with Crippen molar-refractivity contribution in [3.63, 3.8) is 0 Å². The molecule has 1 heterocycles. The average Bonchev–Trinajstić information content (AvgIpc) is 2.87. The molecule has 6 atom stereocenters. The van der Waals surface area contributed by atoms with Crippen LogP contribution >= 0.6 is 0 Å². The Morgan fingerprint density at radius 2 is 2.15 bits per heavy atom. The summed E-state index contributed by atoms with van der Waals surface area (Å²) < 4.78 is 11.3. The Bertz CT molecular complexity index is 692. The maximum atomic E-state index is 12.4. The van der Waals surface area contributed by atoms with Crippen LogP contribution in [0.5, 0.6) is 0 Å². The smallest absolute Gasteiger partial charge is 0.336 e. The lowest BCUT2D eigenvalue weighted by molar-refractivity contribution is -0.175. The molecule has 0 radical (unpaired) electrons. The van der Waals surface area contributed by atoms with Gasteiger partial charge in [0.05, 0.1) is 24.2 Å². The molecule has 0 aromatic heterocycles. The third kappa shape index (κ3) is 2.72. The van der Waals surface area contributed by atoms with Gasteiger partial charge in [0.15, 0.2) is 0 Å². The van der Waals surface area contributed by atoms with Gasteiger partial charge in [-0.15, -0.1) is 0 Å². The Labute approximate surface area is 153 Å². The van der Waals surface area contributed by atoms with Crippen molar-refractivity contribution in [3.05, 3.63) is 36.0 Å². The van der Waals surface area contributed by atoms with Gasteiger partial charge < -0.3 is 19.7 Å². The van der Waals surface area contributed by atoms with E-state index in [1.54, 1.807) is 6.92 Å². The van der Waals surface area contributed by atoms with Gasteiger partial charge in [0.25, 0.3) is 0 Å². The topological polar surface area (TPSA) is 93.1 Å². The van der Waals surface area contributed by atoms with Crippen LogP contribution in [0.1, 0.15) is 33.1 Å². The molecule has 3 rings (SSSR count). The van der Waals surface area contributed by atoms with Crippen molar-refractivity contribution in [1.82, 2.24) is 0 Å². The maximum Gasteiger partial charge on any atom is 0.336 e. The first kappa shape index (κ1) is 18.9. The number of carbonyl (C=O) groups is 2. The molecular weight excluding hydrogens is 336 g/mol. The number of hydrogen-bond donors (Lipinski definition) is 2. The summed E-state index contributed by atoms with van der Waals surface area (Å²) >= 11 is 0. The van der Waals surface area contributed by atoms with Gasteiger partial charge in [-0.2, -0.15) is 0 Å². The van der Waals surface area contributed by atoms with Crippen molar-refractivity contribution in [1.29, 1.82) is 0 Å². The van der Waals surface area contributed by atoms with Crippen LogP contribution in [0.25, 0.3) is 0 Å². The standard InChI is InChI=1S/C20H26O6/c1-5-12(9-21)19(24)25-13-8-20(4)14(22)7-6-10(2)16(20)17-15(13)11(3)18(23)26-17/h5,13-17,21-22H,2-3,6-9H2,1,4H3/b12-5-/t13-,14-,15-,16-,17+,20+/m1/s1. The van der Waals surface area contributed by atoms with Crippen LogP contribution < -0.4 is 0 Å². The van der Waals surface area contributed by atoms with E-state index in [1.807, 2.05) is 6.92 Å². The largest absolute Gasteiger partial charge is 0.458 e. The molecule has 0 amide bonds. The summed E-state index contributed by atoms with van der Waals surface area (Å²) in [7, 11) is 0. The summed E-state index contributed by atoms with van der Waals surface area (Å²) in [5.41, 5.74) is 0.776. The molecule has 3 aliphatic rings. The van der Waals surface area contributed by atoms with E-state index in [0.29, 0.717) is 19.3 Å². The number of hydrogen-bond acceptors (Lipinski definition) is 6. The van der Waals surface area contributed by atoms with Crippen LogP contribution in [0.2, 0.25) is 0 Å². The summed E-state index contributed by atoms with van der Waals surface area (Å²) in [4.78, 5) is 24.6. The van der Waals surface area contributed by atoms with E-state index in [-0.39, 0.29) is 17.1 Å². The molecule has 2 aliphatic carbocycles. The highest BCUT2D eigenvalue weighted by molar-refractivity contribution is 5.92. The monoisotopic (exact) mass is 362 g/mol. The van der Waals surface area contributed by atoms with Crippen LogP contribution in [-0.2, 0) is 19.1 Å². The van der Waals surface area contributed by atoms with Crippen molar-refractivity contribution < 1.29 is 29.3 Å². The number of allylic oxidation sites excluding steroid dienone is 1. The average molecular weight is 362 g/mol. The van der Waals surface area contributed by atoms with E-state index >= 15 is 0 Å². The lowest BCUT2D eigenvalue weighted by Gasteiger charge is -2.54. The van der Waals surface area contributed by atoms with E-state index in [9.17, 15) is 19.8 Å². The first-order chi connectivity index (χ1) is 12.2. The normalized spacial score (nSPS) is 39.9. The summed E-state index contributed by atoms with van der Waals surface area (Å²) in [6.45, 7) is 11.1. The minimum atomic E-state index is -0.658. The lowest BCUT2D eigenvalue weighted by atomic mass is 9.53. The maximum absolute atomic E-state index is 12.4. The fourth-order valence-corrected chi connectivity index (χ4v) is 4.83. The van der Waals surface area contributed by atoms with Gasteiger partial charge in [-0.3, -0.25) is 0 Å². The van der Waals surface area contributed by atoms with Gasteiger partial charge in [-0.05, 0) is 26.2 Å². The molecule has 0 unspecified atom stereocenters. The van der Waals surface area contributed by atoms with E-state index in [1.165, 1.54) is 6.08 Å². The van der Waals surface area contributed by atoms with Crippen LogP contribution in [0.15, 0.2) is 36.0 Å².